The molecule has 5 nitrogen and oxygen atoms in total. The van der Waals surface area contributed by atoms with Gasteiger partial charge >= 0.3 is 0 Å². The molecule has 0 amide bonds. The Morgan fingerprint density at radius 3 is 2.96 bits per heavy atom. The van der Waals surface area contributed by atoms with Gasteiger partial charge in [-0.3, -0.25) is 4.90 Å². The van der Waals surface area contributed by atoms with Crippen LogP contribution in [0.3, 0.4) is 0 Å². The fourth-order valence-electron chi connectivity index (χ4n) is 3.16. The summed E-state index contributed by atoms with van der Waals surface area (Å²) in [5.74, 6) is 0.441. The van der Waals surface area contributed by atoms with Gasteiger partial charge in [0.1, 0.15) is 0 Å². The van der Waals surface area contributed by atoms with Crippen LogP contribution < -0.4 is 4.72 Å². The summed E-state index contributed by atoms with van der Waals surface area (Å²) in [4.78, 5) is 2.46. The predicted octanol–water partition coefficient (Wildman–Crippen LogP) is 2.12. The van der Waals surface area contributed by atoms with Crippen molar-refractivity contribution >= 4 is 21.4 Å². The second-order valence-corrected chi connectivity index (χ2v) is 8.89. The largest absolute Gasteiger partial charge is 0.350 e. The summed E-state index contributed by atoms with van der Waals surface area (Å²) in [5.41, 5.74) is 2.68. The quantitative estimate of drug-likeness (QED) is 0.865. The minimum Gasteiger partial charge on any atom is -0.350 e. The Hall–Kier alpha value is -1.15. The van der Waals surface area contributed by atoms with E-state index in [-0.39, 0.29) is 0 Å². The summed E-state index contributed by atoms with van der Waals surface area (Å²) in [6.45, 7) is 4.34. The van der Waals surface area contributed by atoms with Gasteiger partial charge in [0.15, 0.2) is 0 Å². The lowest BCUT2D eigenvalue weighted by atomic mass is 10.1. The number of nitrogens with zero attached hydrogens (tertiary/aromatic N) is 2. The van der Waals surface area contributed by atoms with Crippen molar-refractivity contribution in [2.45, 2.75) is 26.1 Å². The van der Waals surface area contributed by atoms with Gasteiger partial charge in [-0.1, -0.05) is 0 Å². The Balaban J connectivity index is 1.67. The van der Waals surface area contributed by atoms with Gasteiger partial charge in [0.25, 0.3) is 0 Å². The summed E-state index contributed by atoms with van der Waals surface area (Å²) >= 11 is 1.73. The van der Waals surface area contributed by atoms with E-state index >= 15 is 0 Å². The van der Waals surface area contributed by atoms with Crippen LogP contribution in [0, 0.1) is 5.92 Å². The Labute approximate surface area is 142 Å². The number of thiophene rings is 1. The molecule has 1 N–H and O–H groups in total. The van der Waals surface area contributed by atoms with Crippen molar-refractivity contribution in [3.8, 4) is 0 Å². The Morgan fingerprint density at radius 1 is 1.35 bits per heavy atom. The first-order chi connectivity index (χ1) is 11.0. The third-order valence-electron chi connectivity index (χ3n) is 4.18. The van der Waals surface area contributed by atoms with Crippen LogP contribution in [0.15, 0.2) is 35.2 Å². The molecular formula is C16H23N3O2S2. The first-order valence-electron chi connectivity index (χ1n) is 7.82. The zero-order valence-corrected chi connectivity index (χ0v) is 14.9. The van der Waals surface area contributed by atoms with Gasteiger partial charge in [0.2, 0.25) is 10.0 Å². The van der Waals surface area contributed by atoms with Gasteiger partial charge in [-0.15, -0.1) is 0 Å². The van der Waals surface area contributed by atoms with Gasteiger partial charge in [-0.2, -0.15) is 11.3 Å². The highest BCUT2D eigenvalue weighted by atomic mass is 32.2. The molecule has 0 aromatic carbocycles. The summed E-state index contributed by atoms with van der Waals surface area (Å²) < 4.78 is 27.4. The van der Waals surface area contributed by atoms with Crippen LogP contribution in [0.5, 0.6) is 0 Å². The zero-order chi connectivity index (χ0) is 16.3. The maximum atomic E-state index is 11.2. The molecule has 0 spiro atoms. The summed E-state index contributed by atoms with van der Waals surface area (Å²) in [6, 6.07) is 6.45. The maximum Gasteiger partial charge on any atom is 0.208 e. The minimum atomic E-state index is -3.11. The van der Waals surface area contributed by atoms with Crippen LogP contribution in [0.1, 0.15) is 17.7 Å². The van der Waals surface area contributed by atoms with Crippen LogP contribution in [-0.2, 0) is 29.7 Å². The van der Waals surface area contributed by atoms with Crippen LogP contribution in [0.25, 0.3) is 0 Å². The number of sulfonamides is 1. The second kappa shape index (κ2) is 7.17. The normalized spacial score (nSPS) is 19.4. The lowest BCUT2D eigenvalue weighted by Gasteiger charge is -2.23. The van der Waals surface area contributed by atoms with E-state index in [0.717, 1.165) is 32.6 Å². The SMILES string of the molecule is CS(=O)(=O)NCC[C@@H]1CN(Cc2ccsc2)Cc2cccn2C1. The summed E-state index contributed by atoms with van der Waals surface area (Å²) in [6.07, 6.45) is 4.19. The van der Waals surface area contributed by atoms with E-state index in [1.807, 2.05) is 0 Å². The smallest absolute Gasteiger partial charge is 0.208 e. The van der Waals surface area contributed by atoms with E-state index in [9.17, 15) is 8.42 Å². The molecule has 1 atom stereocenters. The molecule has 7 heteroatoms. The number of nitrogens with one attached hydrogen (secondary N) is 1. The fourth-order valence-corrected chi connectivity index (χ4v) is 4.31. The Bertz CT molecular complexity index is 722. The average Bonchev–Trinajstić information content (AvgIpc) is 3.07. The van der Waals surface area contributed by atoms with Crippen LogP contribution >= 0.6 is 11.3 Å². The predicted molar refractivity (Wildman–Crippen MR) is 93.8 cm³/mol. The van der Waals surface area contributed by atoms with Crippen LogP contribution in [0.4, 0.5) is 0 Å². The molecule has 126 valence electrons. The molecule has 0 saturated heterocycles. The van der Waals surface area contributed by atoms with Crippen molar-refractivity contribution in [2.75, 3.05) is 19.3 Å². The average molecular weight is 354 g/mol. The van der Waals surface area contributed by atoms with Crippen LogP contribution in [-0.4, -0.2) is 37.2 Å². The highest BCUT2D eigenvalue weighted by molar-refractivity contribution is 7.88. The van der Waals surface area contributed by atoms with E-state index in [2.05, 4.69) is 49.3 Å². The standard InChI is InChI=1S/C16H23N3O2S2/c1-23(20,21)17-6-4-14-9-18(10-15-5-8-22-13-15)12-16-3-2-7-19(16)11-14/h2-3,5,7-8,13-14,17H,4,6,9-12H2,1H3/t14-/m1/s1. The van der Waals surface area contributed by atoms with Crippen molar-refractivity contribution in [1.82, 2.24) is 14.2 Å². The third kappa shape index (κ3) is 4.91. The van der Waals surface area contributed by atoms with Gasteiger partial charge in [-0.05, 0) is 46.9 Å². The molecule has 0 fully saturated rings. The highest BCUT2D eigenvalue weighted by Crippen LogP contribution is 2.21. The van der Waals surface area contributed by atoms with Crippen molar-refractivity contribution in [3.05, 3.63) is 46.4 Å². The molecule has 3 rings (SSSR count). The molecule has 0 radical (unpaired) electrons. The number of rotatable bonds is 6. The molecule has 2 aromatic heterocycles. The summed E-state index contributed by atoms with van der Waals surface area (Å²) in [5, 5.41) is 4.31. The first kappa shape index (κ1) is 16.7. The van der Waals surface area contributed by atoms with Gasteiger partial charge in [0.05, 0.1) is 6.26 Å². The third-order valence-corrected chi connectivity index (χ3v) is 5.64. The van der Waals surface area contributed by atoms with Crippen molar-refractivity contribution < 1.29 is 8.42 Å². The minimum absolute atomic E-state index is 0.441. The number of hydrogen-bond donors (Lipinski definition) is 1. The fraction of sp³-hybridized carbons (Fsp3) is 0.500. The monoisotopic (exact) mass is 353 g/mol. The lowest BCUT2D eigenvalue weighted by Crippen LogP contribution is -2.31. The van der Waals surface area contributed by atoms with Gasteiger partial charge in [0, 0.05) is 44.6 Å². The van der Waals surface area contributed by atoms with Crippen molar-refractivity contribution in [2.24, 2.45) is 5.92 Å². The molecule has 2 aromatic rings. The lowest BCUT2D eigenvalue weighted by molar-refractivity contribution is 0.216. The van der Waals surface area contributed by atoms with Crippen LogP contribution in [0.2, 0.25) is 0 Å². The van der Waals surface area contributed by atoms with Gasteiger partial charge in [-0.25, -0.2) is 13.1 Å². The molecule has 0 bridgehead atoms. The molecule has 3 heterocycles. The first-order valence-corrected chi connectivity index (χ1v) is 10.6. The Kier molecular flexibility index (Phi) is 5.21. The number of hydrogen-bond acceptors (Lipinski definition) is 4. The van der Waals surface area contributed by atoms with E-state index in [1.54, 1.807) is 11.3 Å². The molecule has 23 heavy (non-hydrogen) atoms. The zero-order valence-electron chi connectivity index (χ0n) is 13.3. The number of fused-ring (bicyclic) bond motifs is 1. The second-order valence-electron chi connectivity index (χ2n) is 6.27. The molecule has 1 aliphatic heterocycles. The van der Waals surface area contributed by atoms with Crippen molar-refractivity contribution in [1.29, 1.82) is 0 Å². The van der Waals surface area contributed by atoms with E-state index in [4.69, 9.17) is 0 Å². The van der Waals surface area contributed by atoms with E-state index in [0.29, 0.717) is 12.5 Å². The van der Waals surface area contributed by atoms with Crippen molar-refractivity contribution in [3.63, 3.8) is 0 Å². The molecular weight excluding hydrogens is 330 g/mol. The molecule has 0 unspecified atom stereocenters. The van der Waals surface area contributed by atoms with Gasteiger partial charge < -0.3 is 4.57 Å². The number of aromatic nitrogens is 1. The molecule has 0 saturated carbocycles. The summed E-state index contributed by atoms with van der Waals surface area (Å²) in [7, 11) is -3.11. The highest BCUT2D eigenvalue weighted by Gasteiger charge is 2.21. The Morgan fingerprint density at radius 2 is 2.22 bits per heavy atom. The topological polar surface area (TPSA) is 54.3 Å². The molecule has 0 aliphatic carbocycles. The van der Waals surface area contributed by atoms with E-state index < -0.39 is 10.0 Å². The molecule has 1 aliphatic rings. The van der Waals surface area contributed by atoms with E-state index in [1.165, 1.54) is 17.5 Å². The maximum absolute atomic E-state index is 11.2.